The topological polar surface area (TPSA) is 63.3 Å². The van der Waals surface area contributed by atoms with Crippen LogP contribution in [0.3, 0.4) is 0 Å². The number of nitrogens with two attached hydrogens (primary N) is 1. The molecule has 0 spiro atoms. The van der Waals surface area contributed by atoms with Crippen molar-refractivity contribution in [3.05, 3.63) is 34.3 Å². The molecule has 0 aromatic heterocycles. The zero-order valence-corrected chi connectivity index (χ0v) is 11.2. The molecule has 0 saturated carbocycles. The maximum atomic E-state index is 11.2. The van der Waals surface area contributed by atoms with Crippen LogP contribution in [0, 0.1) is 0 Å². The van der Waals surface area contributed by atoms with Crippen molar-refractivity contribution in [2.24, 2.45) is 5.73 Å². The van der Waals surface area contributed by atoms with E-state index in [1.54, 1.807) is 0 Å². The molecule has 1 aromatic rings. The molecule has 3 nitrogen and oxygen atoms in total. The van der Waals surface area contributed by atoms with Gasteiger partial charge in [-0.1, -0.05) is 41.9 Å². The molecule has 0 saturated heterocycles. The number of carbonyl (C=O) groups is 1. The molecule has 0 radical (unpaired) electrons. The van der Waals surface area contributed by atoms with Crippen molar-refractivity contribution < 1.29 is 9.90 Å². The van der Waals surface area contributed by atoms with E-state index >= 15 is 0 Å². The van der Waals surface area contributed by atoms with Gasteiger partial charge in [-0.2, -0.15) is 0 Å². The largest absolute Gasteiger partial charge is 0.480 e. The van der Waals surface area contributed by atoms with E-state index in [1.807, 2.05) is 38.1 Å². The Morgan fingerprint density at radius 3 is 2.06 bits per heavy atom. The average Bonchev–Trinajstić information content (AvgIpc) is 2.17. The highest BCUT2D eigenvalue weighted by molar-refractivity contribution is 9.10. The normalized spacial score (nSPS) is 15.6. The fourth-order valence-corrected chi connectivity index (χ4v) is 1.70. The maximum Gasteiger partial charge on any atom is 0.324 e. The van der Waals surface area contributed by atoms with Gasteiger partial charge in [-0.15, -0.1) is 0 Å². The van der Waals surface area contributed by atoms with Crippen molar-refractivity contribution in [1.82, 2.24) is 0 Å². The van der Waals surface area contributed by atoms with Crippen LogP contribution >= 0.6 is 15.9 Å². The number of carboxylic acids is 1. The number of benzene rings is 1. The van der Waals surface area contributed by atoms with Gasteiger partial charge < -0.3 is 10.8 Å². The summed E-state index contributed by atoms with van der Waals surface area (Å²) in [7, 11) is 0. The summed E-state index contributed by atoms with van der Waals surface area (Å²) in [5.74, 6) is -1.000. The van der Waals surface area contributed by atoms with Gasteiger partial charge >= 0.3 is 5.97 Å². The van der Waals surface area contributed by atoms with Crippen LogP contribution in [-0.2, 0) is 10.2 Å². The van der Waals surface area contributed by atoms with Crippen LogP contribution in [0.2, 0.25) is 0 Å². The molecule has 0 aliphatic rings. The minimum Gasteiger partial charge on any atom is -0.480 e. The molecular weight excluding hydrogens is 270 g/mol. The van der Waals surface area contributed by atoms with Gasteiger partial charge in [0.05, 0.1) is 0 Å². The van der Waals surface area contributed by atoms with E-state index < -0.39 is 16.9 Å². The van der Waals surface area contributed by atoms with Gasteiger partial charge in [0.25, 0.3) is 0 Å². The molecule has 1 atom stereocenters. The second kappa shape index (κ2) is 4.18. The van der Waals surface area contributed by atoms with E-state index in [-0.39, 0.29) is 0 Å². The van der Waals surface area contributed by atoms with Crippen LogP contribution in [-0.4, -0.2) is 16.6 Å². The molecule has 16 heavy (non-hydrogen) atoms. The summed E-state index contributed by atoms with van der Waals surface area (Å²) < 4.78 is 0.959. The van der Waals surface area contributed by atoms with Crippen molar-refractivity contribution >= 4 is 21.9 Å². The minimum atomic E-state index is -1.30. The van der Waals surface area contributed by atoms with Crippen molar-refractivity contribution in [2.45, 2.75) is 31.7 Å². The number of rotatable bonds is 3. The lowest BCUT2D eigenvalue weighted by Crippen LogP contribution is -2.58. The van der Waals surface area contributed by atoms with Crippen molar-refractivity contribution in [3.63, 3.8) is 0 Å². The number of carboxylic acid groups (broad SMARTS) is 1. The summed E-state index contributed by atoms with van der Waals surface area (Å²) >= 11 is 3.34. The molecule has 0 fully saturated rings. The lowest BCUT2D eigenvalue weighted by atomic mass is 9.69. The Morgan fingerprint density at radius 2 is 1.69 bits per heavy atom. The van der Waals surface area contributed by atoms with Gasteiger partial charge in [0.15, 0.2) is 0 Å². The minimum absolute atomic E-state index is 0.639. The first-order valence-electron chi connectivity index (χ1n) is 4.98. The van der Waals surface area contributed by atoms with E-state index in [9.17, 15) is 4.79 Å². The SMILES string of the molecule is CC(N)(C(=O)O)C(C)(C)c1ccc(Br)cc1. The summed E-state index contributed by atoms with van der Waals surface area (Å²) in [5.41, 5.74) is 4.86. The first-order valence-corrected chi connectivity index (χ1v) is 5.77. The third-order valence-corrected chi connectivity index (χ3v) is 3.84. The van der Waals surface area contributed by atoms with Gasteiger partial charge in [-0.05, 0) is 24.6 Å². The van der Waals surface area contributed by atoms with Crippen LogP contribution in [0.25, 0.3) is 0 Å². The van der Waals surface area contributed by atoms with Gasteiger partial charge in [-0.3, -0.25) is 4.79 Å². The van der Waals surface area contributed by atoms with E-state index in [0.717, 1.165) is 10.0 Å². The summed E-state index contributed by atoms with van der Waals surface area (Å²) in [6.07, 6.45) is 0. The van der Waals surface area contributed by atoms with Crippen molar-refractivity contribution in [1.29, 1.82) is 0 Å². The molecule has 0 amide bonds. The number of hydrogen-bond donors (Lipinski definition) is 2. The van der Waals surface area contributed by atoms with Crippen LogP contribution in [0.4, 0.5) is 0 Å². The molecule has 3 N–H and O–H groups in total. The monoisotopic (exact) mass is 285 g/mol. The second-order valence-corrected chi connectivity index (χ2v) is 5.56. The summed E-state index contributed by atoms with van der Waals surface area (Å²) in [6, 6.07) is 7.54. The molecule has 1 aromatic carbocycles. The summed E-state index contributed by atoms with van der Waals surface area (Å²) in [6.45, 7) is 5.21. The van der Waals surface area contributed by atoms with Gasteiger partial charge in [0, 0.05) is 9.89 Å². The molecule has 1 rings (SSSR count). The Hall–Kier alpha value is -0.870. The fraction of sp³-hybridized carbons (Fsp3) is 0.417. The van der Waals surface area contributed by atoms with E-state index in [2.05, 4.69) is 15.9 Å². The summed E-state index contributed by atoms with van der Waals surface area (Å²) in [4.78, 5) is 11.2. The van der Waals surface area contributed by atoms with Crippen molar-refractivity contribution in [2.75, 3.05) is 0 Å². The first-order chi connectivity index (χ1) is 7.19. The fourth-order valence-electron chi connectivity index (χ4n) is 1.43. The lowest BCUT2D eigenvalue weighted by molar-refractivity contribution is -0.145. The third-order valence-electron chi connectivity index (χ3n) is 3.31. The molecule has 0 aliphatic heterocycles. The number of hydrogen-bond acceptors (Lipinski definition) is 2. The van der Waals surface area contributed by atoms with Crippen molar-refractivity contribution in [3.8, 4) is 0 Å². The lowest BCUT2D eigenvalue weighted by Gasteiger charge is -2.38. The molecule has 1 unspecified atom stereocenters. The molecule has 88 valence electrons. The highest BCUT2D eigenvalue weighted by Gasteiger charge is 2.45. The maximum absolute atomic E-state index is 11.2. The van der Waals surface area contributed by atoms with Crippen LogP contribution in [0.15, 0.2) is 28.7 Å². The molecule has 0 heterocycles. The van der Waals surface area contributed by atoms with E-state index in [0.29, 0.717) is 0 Å². The Labute approximate surface area is 104 Å². The Balaban J connectivity index is 3.20. The zero-order valence-electron chi connectivity index (χ0n) is 9.62. The smallest absolute Gasteiger partial charge is 0.324 e. The van der Waals surface area contributed by atoms with Crippen LogP contribution in [0.1, 0.15) is 26.3 Å². The predicted molar refractivity (Wildman–Crippen MR) is 67.4 cm³/mol. The second-order valence-electron chi connectivity index (χ2n) is 4.64. The van der Waals surface area contributed by atoms with Crippen LogP contribution in [0.5, 0.6) is 0 Å². The molecule has 4 heteroatoms. The molecular formula is C12H16BrNO2. The van der Waals surface area contributed by atoms with Gasteiger partial charge in [-0.25, -0.2) is 0 Å². The molecule has 0 bridgehead atoms. The predicted octanol–water partition coefficient (Wildman–Crippen LogP) is 2.53. The Kier molecular flexibility index (Phi) is 3.45. The average molecular weight is 286 g/mol. The highest BCUT2D eigenvalue weighted by atomic mass is 79.9. The number of halogens is 1. The third kappa shape index (κ3) is 2.13. The van der Waals surface area contributed by atoms with Gasteiger partial charge in [0.1, 0.15) is 5.54 Å². The quantitative estimate of drug-likeness (QED) is 0.897. The molecule has 0 aliphatic carbocycles. The zero-order chi connectivity index (χ0) is 12.6. The van der Waals surface area contributed by atoms with Gasteiger partial charge in [0.2, 0.25) is 0 Å². The standard InChI is InChI=1S/C12H16BrNO2/c1-11(2,12(3,14)10(15)16)8-4-6-9(13)7-5-8/h4-7H,14H2,1-3H3,(H,15,16). The Morgan fingerprint density at radius 1 is 1.25 bits per heavy atom. The highest BCUT2D eigenvalue weighted by Crippen LogP contribution is 2.34. The first kappa shape index (κ1) is 13.2. The summed E-state index contributed by atoms with van der Waals surface area (Å²) in [5, 5.41) is 9.16. The van der Waals surface area contributed by atoms with E-state index in [4.69, 9.17) is 10.8 Å². The van der Waals surface area contributed by atoms with Crippen LogP contribution < -0.4 is 5.73 Å². The Bertz CT molecular complexity index is 396. The van der Waals surface area contributed by atoms with E-state index in [1.165, 1.54) is 6.92 Å². The number of aliphatic carboxylic acids is 1.